The van der Waals surface area contributed by atoms with Gasteiger partial charge in [-0.2, -0.15) is 8.78 Å². The predicted molar refractivity (Wildman–Crippen MR) is 135 cm³/mol. The van der Waals surface area contributed by atoms with Gasteiger partial charge in [-0.05, 0) is 68.4 Å². The summed E-state index contributed by atoms with van der Waals surface area (Å²) >= 11 is 0. The summed E-state index contributed by atoms with van der Waals surface area (Å²) < 4.78 is 30.4. The SMILES string of the molecule is CN(CCO)CCCN1C(=O)N2[C@H](c3cccc(O)c3)c3[nH]c4ccc(OC(F)F)cc4c3C[C@@]2(C)C1=O. The average molecular weight is 529 g/mol. The first-order valence-electron chi connectivity index (χ1n) is 12.5. The van der Waals surface area contributed by atoms with Crippen molar-refractivity contribution in [3.05, 3.63) is 59.3 Å². The van der Waals surface area contributed by atoms with Crippen molar-refractivity contribution in [2.75, 3.05) is 33.3 Å². The van der Waals surface area contributed by atoms with Crippen molar-refractivity contribution in [1.29, 1.82) is 0 Å². The number of carbonyl (C=O) groups excluding carboxylic acids is 2. The minimum absolute atomic E-state index is 0.00163. The standard InChI is InChI=1S/C27H30F2N4O5/c1-27-15-20-19-14-18(38-25(28)29)7-8-21(19)30-22(20)23(16-5-3-6-17(35)13-16)33(27)26(37)32(24(27)36)10-4-9-31(2)11-12-34/h3,5-8,13-14,23,25,30,34-35H,4,9-12,15H2,1-2H3/t23-,27+/m1/s1. The number of nitrogens with one attached hydrogen (secondary N) is 1. The van der Waals surface area contributed by atoms with Gasteiger partial charge in [0.25, 0.3) is 5.91 Å². The van der Waals surface area contributed by atoms with Crippen LogP contribution in [0.25, 0.3) is 10.9 Å². The molecule has 3 aromatic rings. The van der Waals surface area contributed by atoms with Crippen LogP contribution in [0.5, 0.6) is 11.5 Å². The average Bonchev–Trinajstić information content (AvgIpc) is 3.30. The molecule has 202 valence electrons. The number of nitrogens with zero attached hydrogens (tertiary/aromatic N) is 3. The van der Waals surface area contributed by atoms with Crippen molar-refractivity contribution >= 4 is 22.8 Å². The van der Waals surface area contributed by atoms with E-state index in [2.05, 4.69) is 9.72 Å². The highest BCUT2D eigenvalue weighted by atomic mass is 19.3. The smallest absolute Gasteiger partial charge is 0.387 e. The molecule has 3 N–H and O–H groups in total. The molecule has 3 amide bonds. The molecule has 0 bridgehead atoms. The lowest BCUT2D eigenvalue weighted by Crippen LogP contribution is -2.53. The highest BCUT2D eigenvalue weighted by Gasteiger charge is 2.60. The molecule has 1 aromatic heterocycles. The second-order valence-corrected chi connectivity index (χ2v) is 10.0. The van der Waals surface area contributed by atoms with Crippen molar-refractivity contribution in [2.24, 2.45) is 0 Å². The highest BCUT2D eigenvalue weighted by Crippen LogP contribution is 2.49. The van der Waals surface area contributed by atoms with Gasteiger partial charge >= 0.3 is 12.6 Å². The summed E-state index contributed by atoms with van der Waals surface area (Å²) in [6.45, 7) is 0.0701. The molecule has 0 aliphatic carbocycles. The number of aliphatic hydroxyl groups excluding tert-OH is 1. The summed E-state index contributed by atoms with van der Waals surface area (Å²) in [5, 5.41) is 20.0. The summed E-state index contributed by atoms with van der Waals surface area (Å²) in [4.78, 5) is 35.7. The van der Waals surface area contributed by atoms with Crippen molar-refractivity contribution in [1.82, 2.24) is 19.7 Å². The third-order valence-electron chi connectivity index (χ3n) is 7.45. The van der Waals surface area contributed by atoms with Crippen molar-refractivity contribution < 1.29 is 33.3 Å². The first-order chi connectivity index (χ1) is 18.1. The maximum atomic E-state index is 13.8. The van der Waals surface area contributed by atoms with E-state index in [0.29, 0.717) is 41.7 Å². The monoisotopic (exact) mass is 528 g/mol. The van der Waals surface area contributed by atoms with Crippen LogP contribution < -0.4 is 4.74 Å². The summed E-state index contributed by atoms with van der Waals surface area (Å²) in [6.07, 6.45) is 0.721. The number of aromatic nitrogens is 1. The Hall–Kier alpha value is -3.70. The molecule has 38 heavy (non-hydrogen) atoms. The minimum Gasteiger partial charge on any atom is -0.508 e. The summed E-state index contributed by atoms with van der Waals surface area (Å²) in [5.74, 6) is -0.322. The van der Waals surface area contributed by atoms with E-state index in [0.717, 1.165) is 5.56 Å². The number of aliphatic hydroxyl groups is 1. The molecule has 2 aliphatic heterocycles. The first kappa shape index (κ1) is 25.9. The van der Waals surface area contributed by atoms with Gasteiger partial charge in [0.2, 0.25) is 0 Å². The Morgan fingerprint density at radius 1 is 1.21 bits per heavy atom. The lowest BCUT2D eigenvalue weighted by Gasteiger charge is -2.42. The molecule has 0 spiro atoms. The zero-order valence-electron chi connectivity index (χ0n) is 21.2. The Labute approximate surface area is 218 Å². The maximum absolute atomic E-state index is 13.8. The molecule has 0 saturated carbocycles. The molecule has 2 atom stereocenters. The van der Waals surface area contributed by atoms with Crippen LogP contribution in [0, 0.1) is 0 Å². The normalized spacial score (nSPS) is 21.1. The van der Waals surface area contributed by atoms with Gasteiger partial charge in [-0.25, -0.2) is 4.79 Å². The van der Waals surface area contributed by atoms with Crippen LogP contribution in [0.1, 0.15) is 36.2 Å². The largest absolute Gasteiger partial charge is 0.508 e. The number of H-pyrrole nitrogens is 1. The Kier molecular flexibility index (Phi) is 6.74. The zero-order chi connectivity index (χ0) is 27.2. The number of fused-ring (bicyclic) bond motifs is 4. The van der Waals surface area contributed by atoms with E-state index < -0.39 is 24.2 Å². The molecule has 3 heterocycles. The van der Waals surface area contributed by atoms with Gasteiger partial charge in [0.05, 0.1) is 6.61 Å². The number of aromatic hydroxyl groups is 1. The summed E-state index contributed by atoms with van der Waals surface area (Å²) in [6, 6.07) is 9.98. The number of likely N-dealkylation sites (N-methyl/N-ethyl adjacent to an activating group) is 1. The molecule has 0 radical (unpaired) electrons. The van der Waals surface area contributed by atoms with E-state index in [1.54, 1.807) is 36.1 Å². The second kappa shape index (κ2) is 9.88. The van der Waals surface area contributed by atoms with E-state index in [9.17, 15) is 23.5 Å². The third kappa shape index (κ3) is 4.35. The van der Waals surface area contributed by atoms with Gasteiger partial charge < -0.3 is 24.8 Å². The van der Waals surface area contributed by atoms with Gasteiger partial charge in [0.15, 0.2) is 0 Å². The predicted octanol–water partition coefficient (Wildman–Crippen LogP) is 3.46. The Balaban J connectivity index is 1.58. The number of halogens is 2. The molecule has 1 saturated heterocycles. The molecule has 0 unspecified atom stereocenters. The molecular weight excluding hydrogens is 498 g/mol. The number of phenolic OH excluding ortho intramolecular Hbond substituents is 1. The topological polar surface area (TPSA) is 109 Å². The van der Waals surface area contributed by atoms with Gasteiger partial charge in [0.1, 0.15) is 23.1 Å². The number of imide groups is 1. The van der Waals surface area contributed by atoms with Gasteiger partial charge in [-0.3, -0.25) is 14.6 Å². The number of benzene rings is 2. The summed E-state index contributed by atoms with van der Waals surface area (Å²) in [7, 11) is 1.86. The number of carbonyl (C=O) groups is 2. The number of amides is 3. The highest BCUT2D eigenvalue weighted by molar-refractivity contribution is 6.08. The quantitative estimate of drug-likeness (QED) is 0.367. The van der Waals surface area contributed by atoms with Crippen molar-refractivity contribution in [3.8, 4) is 11.5 Å². The molecule has 11 heteroatoms. The number of urea groups is 1. The fraction of sp³-hybridized carbons (Fsp3) is 0.407. The minimum atomic E-state index is -2.98. The molecular formula is C27H30F2N4O5. The van der Waals surface area contributed by atoms with Crippen molar-refractivity contribution in [2.45, 2.75) is 38.0 Å². The van der Waals surface area contributed by atoms with Gasteiger partial charge in [-0.1, -0.05) is 12.1 Å². The van der Waals surface area contributed by atoms with Crippen LogP contribution in [-0.2, 0) is 11.2 Å². The lowest BCUT2D eigenvalue weighted by molar-refractivity contribution is -0.133. The molecule has 5 rings (SSSR count). The third-order valence-corrected chi connectivity index (χ3v) is 7.45. The fourth-order valence-electron chi connectivity index (χ4n) is 5.69. The lowest BCUT2D eigenvalue weighted by atomic mass is 9.81. The Morgan fingerprint density at radius 2 is 2.00 bits per heavy atom. The molecule has 9 nitrogen and oxygen atoms in total. The number of aromatic amines is 1. The van der Waals surface area contributed by atoms with Crippen LogP contribution in [0.4, 0.5) is 13.6 Å². The van der Waals surface area contributed by atoms with Crippen LogP contribution >= 0.6 is 0 Å². The van der Waals surface area contributed by atoms with Crippen LogP contribution in [0.3, 0.4) is 0 Å². The molecule has 1 fully saturated rings. The number of ether oxygens (including phenoxy) is 1. The number of hydrogen-bond acceptors (Lipinski definition) is 6. The molecule has 2 aromatic carbocycles. The number of alkyl halides is 2. The maximum Gasteiger partial charge on any atom is 0.387 e. The Morgan fingerprint density at radius 3 is 2.71 bits per heavy atom. The van der Waals surface area contributed by atoms with E-state index >= 15 is 0 Å². The number of hydrogen-bond donors (Lipinski definition) is 3. The van der Waals surface area contributed by atoms with E-state index in [4.69, 9.17) is 5.11 Å². The van der Waals surface area contributed by atoms with E-state index in [1.807, 2.05) is 11.9 Å². The number of rotatable bonds is 9. The van der Waals surface area contributed by atoms with Gasteiger partial charge in [-0.15, -0.1) is 0 Å². The van der Waals surface area contributed by atoms with E-state index in [1.165, 1.54) is 23.1 Å². The van der Waals surface area contributed by atoms with Crippen LogP contribution in [0.2, 0.25) is 0 Å². The van der Waals surface area contributed by atoms with Gasteiger partial charge in [0, 0.05) is 36.1 Å². The Bertz CT molecular complexity index is 1380. The fourth-order valence-corrected chi connectivity index (χ4v) is 5.69. The first-order valence-corrected chi connectivity index (χ1v) is 12.5. The molecule has 2 aliphatic rings. The van der Waals surface area contributed by atoms with Crippen LogP contribution in [0.15, 0.2) is 42.5 Å². The van der Waals surface area contributed by atoms with E-state index in [-0.39, 0.29) is 37.0 Å². The second-order valence-electron chi connectivity index (χ2n) is 10.0. The number of phenols is 1. The zero-order valence-corrected chi connectivity index (χ0v) is 21.2. The summed E-state index contributed by atoms with van der Waals surface area (Å²) in [5.41, 5.74) is 1.43. The van der Waals surface area contributed by atoms with Crippen LogP contribution in [-0.4, -0.2) is 87.3 Å². The van der Waals surface area contributed by atoms with Crippen molar-refractivity contribution in [3.63, 3.8) is 0 Å².